The molecule has 5 heteroatoms. The van der Waals surface area contributed by atoms with Crippen molar-refractivity contribution in [3.63, 3.8) is 0 Å². The van der Waals surface area contributed by atoms with E-state index in [1.807, 2.05) is 6.20 Å². The Morgan fingerprint density at radius 1 is 1.06 bits per heavy atom. The SMILES string of the molecule is Fc1ccc(-c2cnc3nccn3c2)nc1. The minimum absolute atomic E-state index is 0.347. The van der Waals surface area contributed by atoms with Crippen LogP contribution >= 0.6 is 0 Å². The maximum absolute atomic E-state index is 12.7. The average molecular weight is 214 g/mol. The molecule has 4 nitrogen and oxygen atoms in total. The molecule has 0 fully saturated rings. The number of aromatic nitrogens is 4. The quantitative estimate of drug-likeness (QED) is 0.621. The van der Waals surface area contributed by atoms with Crippen LogP contribution in [-0.4, -0.2) is 19.4 Å². The zero-order valence-corrected chi connectivity index (χ0v) is 8.21. The molecule has 3 aromatic rings. The maximum atomic E-state index is 12.7. The first-order valence-corrected chi connectivity index (χ1v) is 4.73. The van der Waals surface area contributed by atoms with Gasteiger partial charge in [-0.05, 0) is 12.1 Å². The van der Waals surface area contributed by atoms with Crippen LogP contribution in [0.1, 0.15) is 0 Å². The number of nitrogens with zero attached hydrogens (tertiary/aromatic N) is 4. The van der Waals surface area contributed by atoms with E-state index >= 15 is 0 Å². The van der Waals surface area contributed by atoms with Crippen LogP contribution in [0.2, 0.25) is 0 Å². The molecule has 0 aromatic carbocycles. The molecule has 0 N–H and O–H groups in total. The Morgan fingerprint density at radius 3 is 2.81 bits per heavy atom. The summed E-state index contributed by atoms with van der Waals surface area (Å²) in [6.45, 7) is 0. The van der Waals surface area contributed by atoms with E-state index < -0.39 is 0 Å². The van der Waals surface area contributed by atoms with Crippen molar-refractivity contribution < 1.29 is 4.39 Å². The highest BCUT2D eigenvalue weighted by molar-refractivity contribution is 5.57. The van der Waals surface area contributed by atoms with Crippen molar-refractivity contribution in [2.75, 3.05) is 0 Å². The van der Waals surface area contributed by atoms with Crippen molar-refractivity contribution in [2.24, 2.45) is 0 Å². The molecule has 0 atom stereocenters. The highest BCUT2D eigenvalue weighted by Crippen LogP contribution is 2.15. The summed E-state index contributed by atoms with van der Waals surface area (Å²) < 4.78 is 14.5. The second-order valence-electron chi connectivity index (χ2n) is 3.34. The molecule has 0 bridgehead atoms. The van der Waals surface area contributed by atoms with E-state index in [-0.39, 0.29) is 5.82 Å². The molecule has 0 spiro atoms. The van der Waals surface area contributed by atoms with Gasteiger partial charge in [0.2, 0.25) is 5.78 Å². The van der Waals surface area contributed by atoms with E-state index in [2.05, 4.69) is 15.0 Å². The molecule has 0 unspecified atom stereocenters. The molecule has 3 aromatic heterocycles. The van der Waals surface area contributed by atoms with Crippen molar-refractivity contribution >= 4 is 5.78 Å². The van der Waals surface area contributed by atoms with Crippen LogP contribution in [0, 0.1) is 5.82 Å². The highest BCUT2D eigenvalue weighted by Gasteiger charge is 2.02. The Labute approximate surface area is 90.4 Å². The van der Waals surface area contributed by atoms with E-state index in [4.69, 9.17) is 0 Å². The van der Waals surface area contributed by atoms with Gasteiger partial charge in [-0.15, -0.1) is 0 Å². The number of imidazole rings is 1. The number of hydrogen-bond acceptors (Lipinski definition) is 3. The summed E-state index contributed by atoms with van der Waals surface area (Å²) >= 11 is 0. The Morgan fingerprint density at radius 2 is 2.00 bits per heavy atom. The number of rotatable bonds is 1. The zero-order valence-electron chi connectivity index (χ0n) is 8.21. The minimum atomic E-state index is -0.347. The number of pyridine rings is 1. The van der Waals surface area contributed by atoms with E-state index in [9.17, 15) is 4.39 Å². The fraction of sp³-hybridized carbons (Fsp3) is 0. The van der Waals surface area contributed by atoms with Gasteiger partial charge in [0.1, 0.15) is 5.82 Å². The van der Waals surface area contributed by atoms with Crippen LogP contribution in [0.25, 0.3) is 17.0 Å². The molecule has 78 valence electrons. The van der Waals surface area contributed by atoms with Gasteiger partial charge in [-0.3, -0.25) is 9.38 Å². The van der Waals surface area contributed by atoms with Crippen molar-refractivity contribution in [3.05, 3.63) is 48.9 Å². The molecular formula is C11H7FN4. The summed E-state index contributed by atoms with van der Waals surface area (Å²) in [4.78, 5) is 12.2. The summed E-state index contributed by atoms with van der Waals surface area (Å²) in [5.41, 5.74) is 1.51. The minimum Gasteiger partial charge on any atom is -0.291 e. The molecule has 3 rings (SSSR count). The van der Waals surface area contributed by atoms with Crippen LogP contribution < -0.4 is 0 Å². The van der Waals surface area contributed by atoms with E-state index in [0.29, 0.717) is 11.5 Å². The molecular weight excluding hydrogens is 207 g/mol. The van der Waals surface area contributed by atoms with Gasteiger partial charge in [0.15, 0.2) is 0 Å². The van der Waals surface area contributed by atoms with Crippen molar-refractivity contribution in [2.45, 2.75) is 0 Å². The van der Waals surface area contributed by atoms with Gasteiger partial charge < -0.3 is 0 Å². The van der Waals surface area contributed by atoms with Gasteiger partial charge in [0, 0.05) is 30.4 Å². The Kier molecular flexibility index (Phi) is 1.89. The standard InChI is InChI=1S/C11H7FN4/c12-9-1-2-10(14-6-9)8-5-15-11-13-3-4-16(11)7-8/h1-7H. The van der Waals surface area contributed by atoms with E-state index in [1.165, 1.54) is 12.3 Å². The molecule has 0 aliphatic rings. The van der Waals surface area contributed by atoms with Crippen LogP contribution in [0.5, 0.6) is 0 Å². The predicted octanol–water partition coefficient (Wildman–Crippen LogP) is 1.93. The number of hydrogen-bond donors (Lipinski definition) is 0. The molecule has 16 heavy (non-hydrogen) atoms. The summed E-state index contributed by atoms with van der Waals surface area (Å²) in [5.74, 6) is 0.284. The van der Waals surface area contributed by atoms with Gasteiger partial charge in [-0.2, -0.15) is 0 Å². The molecule has 0 saturated carbocycles. The Hall–Kier alpha value is -2.30. The summed E-state index contributed by atoms with van der Waals surface area (Å²) in [5, 5.41) is 0. The van der Waals surface area contributed by atoms with Gasteiger partial charge in [-0.1, -0.05) is 0 Å². The normalized spacial score (nSPS) is 10.8. The lowest BCUT2D eigenvalue weighted by atomic mass is 10.2. The van der Waals surface area contributed by atoms with Crippen LogP contribution in [0.4, 0.5) is 4.39 Å². The monoisotopic (exact) mass is 214 g/mol. The van der Waals surface area contributed by atoms with Crippen molar-refractivity contribution in [1.29, 1.82) is 0 Å². The Balaban J connectivity index is 2.14. The number of fused-ring (bicyclic) bond motifs is 1. The van der Waals surface area contributed by atoms with Crippen LogP contribution in [0.3, 0.4) is 0 Å². The predicted molar refractivity (Wildman–Crippen MR) is 56.2 cm³/mol. The van der Waals surface area contributed by atoms with E-state index in [0.717, 1.165) is 5.56 Å². The molecule has 3 heterocycles. The molecule has 0 aliphatic heterocycles. The van der Waals surface area contributed by atoms with Crippen molar-refractivity contribution in [3.8, 4) is 11.3 Å². The zero-order chi connectivity index (χ0) is 11.0. The maximum Gasteiger partial charge on any atom is 0.233 e. The summed E-state index contributed by atoms with van der Waals surface area (Å²) in [7, 11) is 0. The second kappa shape index (κ2) is 3.37. The van der Waals surface area contributed by atoms with Crippen LogP contribution in [-0.2, 0) is 0 Å². The molecule has 0 radical (unpaired) electrons. The van der Waals surface area contributed by atoms with Gasteiger partial charge in [0.05, 0.1) is 11.9 Å². The lowest BCUT2D eigenvalue weighted by Crippen LogP contribution is -1.91. The third kappa shape index (κ3) is 1.42. The molecule has 0 amide bonds. The van der Waals surface area contributed by atoms with Gasteiger partial charge in [0.25, 0.3) is 0 Å². The third-order valence-corrected chi connectivity index (χ3v) is 2.27. The average Bonchev–Trinajstić information content (AvgIpc) is 2.77. The first-order chi connectivity index (χ1) is 7.83. The molecule has 0 aliphatic carbocycles. The lowest BCUT2D eigenvalue weighted by molar-refractivity contribution is 0.622. The van der Waals surface area contributed by atoms with Gasteiger partial charge in [-0.25, -0.2) is 14.4 Å². The van der Waals surface area contributed by atoms with Crippen molar-refractivity contribution in [1.82, 2.24) is 19.4 Å². The lowest BCUT2D eigenvalue weighted by Gasteiger charge is -2.00. The fourth-order valence-electron chi connectivity index (χ4n) is 1.50. The topological polar surface area (TPSA) is 43.1 Å². The molecule has 0 saturated heterocycles. The largest absolute Gasteiger partial charge is 0.291 e. The number of halogens is 1. The second-order valence-corrected chi connectivity index (χ2v) is 3.34. The van der Waals surface area contributed by atoms with Gasteiger partial charge >= 0.3 is 0 Å². The highest BCUT2D eigenvalue weighted by atomic mass is 19.1. The Bertz CT molecular complexity index is 630. The smallest absolute Gasteiger partial charge is 0.233 e. The summed E-state index contributed by atoms with van der Waals surface area (Å²) in [6.07, 6.45) is 8.19. The first kappa shape index (κ1) is 8.96. The summed E-state index contributed by atoms with van der Waals surface area (Å²) in [6, 6.07) is 3.00. The van der Waals surface area contributed by atoms with E-state index in [1.54, 1.807) is 29.1 Å². The fourth-order valence-corrected chi connectivity index (χ4v) is 1.50. The van der Waals surface area contributed by atoms with Crippen LogP contribution in [0.15, 0.2) is 43.1 Å². The third-order valence-electron chi connectivity index (χ3n) is 2.27. The first-order valence-electron chi connectivity index (χ1n) is 4.73.